The number of benzene rings is 1. The van der Waals surface area contributed by atoms with Crippen LogP contribution >= 0.6 is 39.1 Å². The van der Waals surface area contributed by atoms with E-state index >= 15 is 0 Å². The van der Waals surface area contributed by atoms with Gasteiger partial charge in [0.05, 0.1) is 136 Å². The molecule has 38 nitrogen and oxygen atoms in total. The lowest BCUT2D eigenvalue weighted by Gasteiger charge is -2.24. The maximum Gasteiger partial charge on any atom is 0.472 e. The monoisotopic (exact) mass is 1570 g/mol. The first-order chi connectivity index (χ1) is 49.2. The van der Waals surface area contributed by atoms with Gasteiger partial charge in [-0.15, -0.1) is 5.10 Å². The molecule has 1 aliphatic carbocycles. The number of aliphatic hydroxyl groups excluding tert-OH is 1. The van der Waals surface area contributed by atoms with Gasteiger partial charge in [-0.1, -0.05) is 32.6 Å². The number of alkyl carbamates (subject to hydrolysis) is 1. The molecule has 1 saturated heterocycles. The first-order valence-electron chi connectivity index (χ1n) is 34.0. The molecule has 9 N–H and O–H groups in total. The molecule has 0 spiro atoms. The SMILES string of the molecule is CCCCCCCNC(=O)CCOCCOCCOCCOCCOc1ccc(-c2nnc(C)c3c2CCCCC(OC(=O)NCCOP(=O)(O)OCCCOP(=O)(O)OCCCOP(=O)(O)OCCCOP(=O)(O)OCCCOP(=O)(O)OC[C@H]2O[C@@H](n4cc(C)c(=O)[nH]c4=O)CC2O)C3)cc1. The Morgan fingerprint density at radius 2 is 1.08 bits per heavy atom. The van der Waals surface area contributed by atoms with Crippen LogP contribution in [0.4, 0.5) is 4.79 Å². The molecule has 3 heterocycles. The van der Waals surface area contributed by atoms with E-state index in [0.717, 1.165) is 59.1 Å². The van der Waals surface area contributed by atoms with E-state index in [0.29, 0.717) is 96.7 Å². The number of H-pyrrole nitrogens is 1. The van der Waals surface area contributed by atoms with Crippen molar-refractivity contribution in [2.24, 2.45) is 0 Å². The molecule has 103 heavy (non-hydrogen) atoms. The van der Waals surface area contributed by atoms with Crippen molar-refractivity contribution in [3.05, 3.63) is 73.7 Å². The molecule has 5 rings (SSSR count). The standard InChI is InChI=1S/C60H101N6O32P5/c1-4-5-6-7-10-22-61-55(68)21-32-82-34-35-83-36-37-84-38-39-85-40-41-86-49-19-17-48(18-20-49)57-51-16-9-8-15-50(42-52(51)47(3)64-65-57)97-60(71)62-23-33-95-102(78,79)93-30-13-28-91-100(74,75)89-26-11-24-87-99(72,73)88-25-12-27-90-101(76,77)92-29-14-31-94-103(80,81)96-45-54-53(67)43-56(98-54)66-44-46(2)58(69)63-59(66)70/h17-20,44,50,53-54,56,67H,4-16,21-43,45H2,1-3H3,(H,61,68)(H,62,71)(H,72,73)(H,74,75)(H,76,77)(H,78,79)(H,80,81)(H,63,69,70)/t50?,53?,54-,56-/m1/s1. The minimum absolute atomic E-state index is 0.00305. The highest BCUT2D eigenvalue weighted by Gasteiger charge is 2.38. The van der Waals surface area contributed by atoms with Crippen LogP contribution in [0.15, 0.2) is 40.1 Å². The quantitative estimate of drug-likeness (QED) is 0.0216. The number of aryl methyl sites for hydroxylation is 2. The molecular formula is C60H101N6O32P5. The summed E-state index contributed by atoms with van der Waals surface area (Å²) in [7, 11) is -23.4. The molecule has 2 aromatic heterocycles. The predicted octanol–water partition coefficient (Wildman–Crippen LogP) is 6.47. The van der Waals surface area contributed by atoms with E-state index in [1.165, 1.54) is 32.4 Å². The molecule has 2 amide bonds. The number of hydrogen-bond acceptors (Lipinski definition) is 29. The molecule has 1 aliphatic heterocycles. The number of fused-ring (bicyclic) bond motifs is 1. The van der Waals surface area contributed by atoms with Gasteiger partial charge in [0.15, 0.2) is 0 Å². The first kappa shape index (κ1) is 89.5. The molecule has 1 aromatic carbocycles. The lowest BCUT2D eigenvalue weighted by atomic mass is 9.88. The third-order valence-electron chi connectivity index (χ3n) is 15.0. The Balaban J connectivity index is 0.830. The minimum Gasteiger partial charge on any atom is -0.491 e. The van der Waals surface area contributed by atoms with E-state index in [9.17, 15) is 71.6 Å². The number of nitrogens with zero attached hydrogens (tertiary/aromatic N) is 3. The van der Waals surface area contributed by atoms with E-state index in [4.69, 9.17) is 78.4 Å². The topological polar surface area (TPSA) is 502 Å². The van der Waals surface area contributed by atoms with Crippen LogP contribution in [0.2, 0.25) is 0 Å². The third kappa shape index (κ3) is 38.0. The second-order valence-corrected chi connectivity index (χ2v) is 30.6. The fraction of sp³-hybridized carbons (Fsp3) is 0.733. The van der Waals surface area contributed by atoms with Crippen LogP contribution in [0.5, 0.6) is 5.75 Å². The number of carbonyl (C=O) groups is 2. The molecule has 2 aliphatic rings. The zero-order chi connectivity index (χ0) is 75.0. The average Bonchev–Trinajstić information content (AvgIpc) is 1.72. The van der Waals surface area contributed by atoms with Gasteiger partial charge in [0.25, 0.3) is 5.56 Å². The summed E-state index contributed by atoms with van der Waals surface area (Å²) in [4.78, 5) is 101. The molecule has 0 radical (unpaired) electrons. The summed E-state index contributed by atoms with van der Waals surface area (Å²) in [6.07, 6.45) is 5.12. The summed E-state index contributed by atoms with van der Waals surface area (Å²) in [5.74, 6) is 0.654. The zero-order valence-corrected chi connectivity index (χ0v) is 62.7. The van der Waals surface area contributed by atoms with Crippen molar-refractivity contribution < 1.29 is 140 Å². The molecule has 9 atom stereocenters. The highest BCUT2D eigenvalue weighted by molar-refractivity contribution is 7.48. The van der Waals surface area contributed by atoms with E-state index in [-0.39, 0.29) is 50.1 Å². The number of unbranched alkanes of at least 4 members (excludes halogenated alkanes) is 4. The van der Waals surface area contributed by atoms with E-state index in [1.807, 2.05) is 31.2 Å². The van der Waals surface area contributed by atoms with Gasteiger partial charge in [0, 0.05) is 49.7 Å². The van der Waals surface area contributed by atoms with E-state index in [2.05, 4.69) is 32.7 Å². The Kier molecular flexibility index (Phi) is 41.9. The summed E-state index contributed by atoms with van der Waals surface area (Å²) in [6, 6.07) is 7.53. The van der Waals surface area contributed by atoms with Gasteiger partial charge in [-0.05, 0) is 107 Å². The summed E-state index contributed by atoms with van der Waals surface area (Å²) in [5.41, 5.74) is 3.03. The van der Waals surface area contributed by atoms with Gasteiger partial charge in [0.2, 0.25) is 5.91 Å². The van der Waals surface area contributed by atoms with Crippen molar-refractivity contribution in [2.75, 3.05) is 139 Å². The first-order valence-corrected chi connectivity index (χ1v) is 41.5. The number of amides is 2. The van der Waals surface area contributed by atoms with Crippen LogP contribution < -0.4 is 26.6 Å². The normalized spacial score (nSPS) is 19.2. The fourth-order valence-electron chi connectivity index (χ4n) is 9.75. The highest BCUT2D eigenvalue weighted by Crippen LogP contribution is 2.48. The Bertz CT molecular complexity index is 3360. The number of rotatable bonds is 56. The zero-order valence-electron chi connectivity index (χ0n) is 58.2. The Morgan fingerprint density at radius 1 is 0.583 bits per heavy atom. The molecule has 0 bridgehead atoms. The van der Waals surface area contributed by atoms with Crippen LogP contribution in [-0.2, 0) is 114 Å². The van der Waals surface area contributed by atoms with Crippen LogP contribution in [0.1, 0.15) is 125 Å². The third-order valence-corrected chi connectivity index (χ3v) is 20.0. The minimum atomic E-state index is -4.72. The van der Waals surface area contributed by atoms with Crippen LogP contribution in [-0.4, -0.2) is 218 Å². The van der Waals surface area contributed by atoms with Gasteiger partial charge in [-0.3, -0.25) is 64.4 Å². The smallest absolute Gasteiger partial charge is 0.472 e. The molecule has 3 aromatic rings. The number of aliphatic hydroxyl groups is 1. The molecule has 0 saturated carbocycles. The van der Waals surface area contributed by atoms with Crippen LogP contribution in [0.25, 0.3) is 11.3 Å². The number of carbonyl (C=O) groups excluding carboxylic acids is 2. The van der Waals surface area contributed by atoms with Crippen LogP contribution in [0, 0.1) is 13.8 Å². The molecule has 1 fully saturated rings. The number of hydrogen-bond donors (Lipinski definition) is 9. The second-order valence-electron chi connectivity index (χ2n) is 23.3. The Morgan fingerprint density at radius 3 is 1.61 bits per heavy atom. The lowest BCUT2D eigenvalue weighted by Crippen LogP contribution is -2.33. The van der Waals surface area contributed by atoms with Gasteiger partial charge in [0.1, 0.15) is 30.8 Å². The maximum absolute atomic E-state index is 12.9. The predicted molar refractivity (Wildman–Crippen MR) is 365 cm³/mol. The Hall–Kier alpha value is -4.17. The number of aromatic amines is 1. The average molecular weight is 1570 g/mol. The van der Waals surface area contributed by atoms with Crippen molar-refractivity contribution in [3.63, 3.8) is 0 Å². The van der Waals surface area contributed by atoms with Crippen molar-refractivity contribution in [2.45, 2.75) is 148 Å². The fourth-order valence-corrected chi connectivity index (χ4v) is 13.7. The summed E-state index contributed by atoms with van der Waals surface area (Å²) in [6.45, 7) is 4.52. The summed E-state index contributed by atoms with van der Waals surface area (Å²) in [5, 5.41) is 24.8. The summed E-state index contributed by atoms with van der Waals surface area (Å²) < 4.78 is 150. The van der Waals surface area contributed by atoms with Crippen molar-refractivity contribution >= 4 is 51.1 Å². The number of phosphoric ester groups is 5. The van der Waals surface area contributed by atoms with Crippen molar-refractivity contribution in [3.8, 4) is 17.0 Å². The maximum atomic E-state index is 12.9. The molecule has 588 valence electrons. The second kappa shape index (κ2) is 48.3. The van der Waals surface area contributed by atoms with E-state index < -0.39 is 147 Å². The number of phosphoric acid groups is 5. The van der Waals surface area contributed by atoms with Crippen LogP contribution in [0.3, 0.4) is 0 Å². The summed E-state index contributed by atoms with van der Waals surface area (Å²) >= 11 is 0. The van der Waals surface area contributed by atoms with Crippen molar-refractivity contribution in [1.82, 2.24) is 30.4 Å². The van der Waals surface area contributed by atoms with E-state index in [1.54, 1.807) is 0 Å². The van der Waals surface area contributed by atoms with Gasteiger partial charge < -0.3 is 73.4 Å². The number of nitrogens with one attached hydrogen (secondary N) is 3. The molecule has 43 heteroatoms. The van der Waals surface area contributed by atoms with Gasteiger partial charge >= 0.3 is 50.9 Å². The largest absolute Gasteiger partial charge is 0.491 e. The van der Waals surface area contributed by atoms with Crippen molar-refractivity contribution in [1.29, 1.82) is 0 Å². The Labute approximate surface area is 597 Å². The number of aromatic nitrogens is 4. The lowest BCUT2D eigenvalue weighted by molar-refractivity contribution is -0.122. The number of ether oxygens (including phenoxy) is 7. The molecular weight excluding hydrogens is 1470 g/mol. The van der Waals surface area contributed by atoms with Gasteiger partial charge in [-0.2, -0.15) is 5.10 Å². The van der Waals surface area contributed by atoms with Gasteiger partial charge in [-0.25, -0.2) is 32.4 Å². The molecule has 7 unspecified atom stereocenters. The highest BCUT2D eigenvalue weighted by atomic mass is 31.2.